The second-order valence-corrected chi connectivity index (χ2v) is 6.62. The van der Waals surface area contributed by atoms with E-state index in [1.165, 1.54) is 31.2 Å². The van der Waals surface area contributed by atoms with E-state index in [-0.39, 0.29) is 0 Å². The van der Waals surface area contributed by atoms with Crippen LogP contribution in [-0.2, 0) is 11.3 Å². The van der Waals surface area contributed by atoms with E-state index in [2.05, 4.69) is 29.6 Å². The quantitative estimate of drug-likeness (QED) is 0.799. The second kappa shape index (κ2) is 7.60. The number of carboxylic acid groups (broad SMARTS) is 1. The molecule has 3 nitrogen and oxygen atoms in total. The maximum Gasteiger partial charge on any atom is 0.320 e. The molecule has 1 aromatic rings. The summed E-state index contributed by atoms with van der Waals surface area (Å²) in [4.78, 5) is 11.2. The molecule has 0 aliphatic heterocycles. The normalized spacial score (nSPS) is 17.3. The highest BCUT2D eigenvalue weighted by atomic mass is 16.4. The van der Waals surface area contributed by atoms with Crippen LogP contribution in [0.5, 0.6) is 0 Å². The highest BCUT2D eigenvalue weighted by Crippen LogP contribution is 2.33. The summed E-state index contributed by atoms with van der Waals surface area (Å²) in [5, 5.41) is 12.4. The van der Waals surface area contributed by atoms with E-state index >= 15 is 0 Å². The van der Waals surface area contributed by atoms with E-state index in [0.717, 1.165) is 11.5 Å². The average Bonchev–Trinajstić information content (AvgIpc) is 2.97. The van der Waals surface area contributed by atoms with Crippen LogP contribution in [0.4, 0.5) is 0 Å². The second-order valence-electron chi connectivity index (χ2n) is 6.62. The smallest absolute Gasteiger partial charge is 0.320 e. The van der Waals surface area contributed by atoms with Gasteiger partial charge < -0.3 is 10.4 Å². The molecule has 1 saturated carbocycles. The highest BCUT2D eigenvalue weighted by Gasteiger charge is 2.19. The number of benzene rings is 1. The van der Waals surface area contributed by atoms with Gasteiger partial charge in [-0.05, 0) is 42.2 Å². The largest absolute Gasteiger partial charge is 0.480 e. The first kappa shape index (κ1) is 16.0. The summed E-state index contributed by atoms with van der Waals surface area (Å²) in [7, 11) is 0. The van der Waals surface area contributed by atoms with Gasteiger partial charge in [0, 0.05) is 6.54 Å². The lowest BCUT2D eigenvalue weighted by Gasteiger charge is -2.17. The van der Waals surface area contributed by atoms with Crippen molar-refractivity contribution in [2.24, 2.45) is 5.92 Å². The summed E-state index contributed by atoms with van der Waals surface area (Å²) >= 11 is 0. The van der Waals surface area contributed by atoms with E-state index in [1.54, 1.807) is 0 Å². The summed E-state index contributed by atoms with van der Waals surface area (Å²) in [6, 6.07) is 8.24. The molecule has 1 aliphatic rings. The summed E-state index contributed by atoms with van der Waals surface area (Å²) in [6.45, 7) is 4.72. The monoisotopic (exact) mass is 289 g/mol. The summed E-state index contributed by atoms with van der Waals surface area (Å²) < 4.78 is 0. The Labute approximate surface area is 127 Å². The third kappa shape index (κ3) is 4.85. The zero-order chi connectivity index (χ0) is 15.2. The van der Waals surface area contributed by atoms with Crippen molar-refractivity contribution in [1.82, 2.24) is 5.32 Å². The number of hydrogen-bond acceptors (Lipinski definition) is 2. The fourth-order valence-corrected chi connectivity index (χ4v) is 3.15. The van der Waals surface area contributed by atoms with Gasteiger partial charge in [0.05, 0.1) is 0 Å². The SMILES string of the molecule is CC(C)CC(NCc1ccc(C2CCCC2)cc1)C(=O)O. The number of hydrogen-bond donors (Lipinski definition) is 2. The van der Waals surface area contributed by atoms with E-state index < -0.39 is 12.0 Å². The van der Waals surface area contributed by atoms with Crippen molar-refractivity contribution < 1.29 is 9.90 Å². The van der Waals surface area contributed by atoms with Crippen LogP contribution >= 0.6 is 0 Å². The van der Waals surface area contributed by atoms with Crippen molar-refractivity contribution in [2.75, 3.05) is 0 Å². The number of aliphatic carboxylic acids is 1. The molecule has 2 rings (SSSR count). The van der Waals surface area contributed by atoms with Gasteiger partial charge in [-0.25, -0.2) is 0 Å². The third-order valence-electron chi connectivity index (χ3n) is 4.36. The molecule has 0 amide bonds. The molecule has 0 saturated heterocycles. The van der Waals surface area contributed by atoms with E-state index in [0.29, 0.717) is 18.9 Å². The van der Waals surface area contributed by atoms with Crippen LogP contribution in [-0.4, -0.2) is 17.1 Å². The van der Waals surface area contributed by atoms with Crippen LogP contribution in [0.3, 0.4) is 0 Å². The Kier molecular flexibility index (Phi) is 5.80. The highest BCUT2D eigenvalue weighted by molar-refractivity contribution is 5.73. The third-order valence-corrected chi connectivity index (χ3v) is 4.36. The van der Waals surface area contributed by atoms with Crippen molar-refractivity contribution >= 4 is 5.97 Å². The minimum absolute atomic E-state index is 0.378. The molecular weight excluding hydrogens is 262 g/mol. The first-order chi connectivity index (χ1) is 10.1. The number of carbonyl (C=O) groups is 1. The minimum Gasteiger partial charge on any atom is -0.480 e. The van der Waals surface area contributed by atoms with Gasteiger partial charge >= 0.3 is 5.97 Å². The Morgan fingerprint density at radius 2 is 1.86 bits per heavy atom. The molecule has 1 aliphatic carbocycles. The maximum atomic E-state index is 11.2. The van der Waals surface area contributed by atoms with Crippen molar-refractivity contribution in [3.8, 4) is 0 Å². The standard InChI is InChI=1S/C18H27NO2/c1-13(2)11-17(18(20)21)19-12-14-7-9-16(10-8-14)15-5-3-4-6-15/h7-10,13,15,17,19H,3-6,11-12H2,1-2H3,(H,20,21). The molecule has 1 unspecified atom stereocenters. The molecule has 3 heteroatoms. The fourth-order valence-electron chi connectivity index (χ4n) is 3.15. The van der Waals surface area contributed by atoms with Crippen LogP contribution in [0, 0.1) is 5.92 Å². The molecular formula is C18H27NO2. The Morgan fingerprint density at radius 3 is 2.38 bits per heavy atom. The van der Waals surface area contributed by atoms with Gasteiger partial charge in [0.1, 0.15) is 6.04 Å². The molecule has 0 bridgehead atoms. The van der Waals surface area contributed by atoms with Crippen molar-refractivity contribution in [1.29, 1.82) is 0 Å². The van der Waals surface area contributed by atoms with Gasteiger partial charge in [0.15, 0.2) is 0 Å². The van der Waals surface area contributed by atoms with Crippen molar-refractivity contribution in [3.63, 3.8) is 0 Å². The predicted molar refractivity (Wildman–Crippen MR) is 85.4 cm³/mol. The van der Waals surface area contributed by atoms with Gasteiger partial charge in [0.2, 0.25) is 0 Å². The molecule has 0 heterocycles. The molecule has 116 valence electrons. The van der Waals surface area contributed by atoms with Gasteiger partial charge in [-0.2, -0.15) is 0 Å². The molecule has 0 aromatic heterocycles. The Morgan fingerprint density at radius 1 is 1.24 bits per heavy atom. The first-order valence-corrected chi connectivity index (χ1v) is 8.11. The summed E-state index contributed by atoms with van der Waals surface area (Å²) in [5.41, 5.74) is 2.60. The van der Waals surface area contributed by atoms with Crippen molar-refractivity contribution in [2.45, 2.75) is 64.5 Å². The van der Waals surface area contributed by atoms with Gasteiger partial charge in [-0.15, -0.1) is 0 Å². The zero-order valence-corrected chi connectivity index (χ0v) is 13.1. The Bertz CT molecular complexity index is 447. The molecule has 2 N–H and O–H groups in total. The van der Waals surface area contributed by atoms with Gasteiger partial charge in [-0.3, -0.25) is 4.79 Å². The predicted octanol–water partition coefficient (Wildman–Crippen LogP) is 3.93. The lowest BCUT2D eigenvalue weighted by Crippen LogP contribution is -2.37. The van der Waals surface area contributed by atoms with Crippen LogP contribution in [0.1, 0.15) is 63.0 Å². The minimum atomic E-state index is -0.758. The van der Waals surface area contributed by atoms with Crippen LogP contribution in [0.2, 0.25) is 0 Å². The first-order valence-electron chi connectivity index (χ1n) is 8.11. The lowest BCUT2D eigenvalue weighted by atomic mass is 9.96. The topological polar surface area (TPSA) is 49.3 Å². The lowest BCUT2D eigenvalue weighted by molar-refractivity contribution is -0.140. The van der Waals surface area contributed by atoms with Crippen LogP contribution < -0.4 is 5.32 Å². The average molecular weight is 289 g/mol. The summed E-state index contributed by atoms with van der Waals surface area (Å²) in [5.74, 6) is 0.356. The van der Waals surface area contributed by atoms with Crippen LogP contribution in [0.15, 0.2) is 24.3 Å². The Balaban J connectivity index is 1.88. The molecule has 0 spiro atoms. The van der Waals surface area contributed by atoms with Gasteiger partial charge in [0.25, 0.3) is 0 Å². The van der Waals surface area contributed by atoms with Crippen molar-refractivity contribution in [3.05, 3.63) is 35.4 Å². The summed E-state index contributed by atoms with van der Waals surface area (Å²) in [6.07, 6.45) is 5.99. The molecule has 1 aromatic carbocycles. The fraction of sp³-hybridized carbons (Fsp3) is 0.611. The van der Waals surface area contributed by atoms with E-state index in [9.17, 15) is 9.90 Å². The van der Waals surface area contributed by atoms with Gasteiger partial charge in [-0.1, -0.05) is 51.0 Å². The Hall–Kier alpha value is -1.35. The maximum absolute atomic E-state index is 11.2. The molecule has 1 atom stereocenters. The van der Waals surface area contributed by atoms with E-state index in [1.807, 2.05) is 13.8 Å². The number of nitrogens with one attached hydrogen (secondary N) is 1. The van der Waals surface area contributed by atoms with Crippen LogP contribution in [0.25, 0.3) is 0 Å². The number of carboxylic acids is 1. The van der Waals surface area contributed by atoms with E-state index in [4.69, 9.17) is 0 Å². The zero-order valence-electron chi connectivity index (χ0n) is 13.1. The number of rotatable bonds is 7. The molecule has 1 fully saturated rings. The molecule has 0 radical (unpaired) electrons. The molecule has 21 heavy (non-hydrogen) atoms.